The Bertz CT molecular complexity index is 1850. The predicted octanol–water partition coefficient (Wildman–Crippen LogP) is 5.34. The van der Waals surface area contributed by atoms with Crippen LogP contribution in [0.2, 0.25) is 0 Å². The van der Waals surface area contributed by atoms with Crippen LogP contribution in [0.1, 0.15) is 10.4 Å². The number of carbonyl (C=O) groups excluding carboxylic acids is 1. The van der Waals surface area contributed by atoms with Crippen LogP contribution in [0.25, 0.3) is 11.0 Å². The van der Waals surface area contributed by atoms with Crippen molar-refractivity contribution in [3.63, 3.8) is 0 Å². The summed E-state index contributed by atoms with van der Waals surface area (Å²) in [5.41, 5.74) is 2.25. The normalized spacial score (nSPS) is 11.0. The number of fused-ring (bicyclic) bond motifs is 1. The lowest BCUT2D eigenvalue weighted by Gasteiger charge is -2.14. The molecule has 41 heavy (non-hydrogen) atoms. The standard InChI is InChI=1S/C28H22N6O6S/c1-40-22-14-10-20(11-15-22)30-28(35)18-6-8-19(9-7-18)29-26-27(32-25-5-3-2-4-24(25)31-26)33-41(38,39)23-16-12-21(13-17-23)34(36)37/h2-17H,1H3,(H,29,31)(H,30,35)(H,32,33). The average Bonchev–Trinajstić information content (AvgIpc) is 2.98. The molecule has 12 nitrogen and oxygen atoms in total. The number of rotatable bonds is 9. The van der Waals surface area contributed by atoms with Crippen LogP contribution in [0.5, 0.6) is 5.75 Å². The first kappa shape index (κ1) is 27.0. The van der Waals surface area contributed by atoms with E-state index in [4.69, 9.17) is 4.74 Å². The number of nitro groups is 1. The molecule has 5 aromatic rings. The van der Waals surface area contributed by atoms with Gasteiger partial charge in [0.1, 0.15) is 5.75 Å². The molecule has 0 spiro atoms. The van der Waals surface area contributed by atoms with Gasteiger partial charge >= 0.3 is 0 Å². The highest BCUT2D eigenvalue weighted by Crippen LogP contribution is 2.28. The van der Waals surface area contributed by atoms with Crippen molar-refractivity contribution in [2.45, 2.75) is 4.90 Å². The molecule has 0 fully saturated rings. The zero-order chi connectivity index (χ0) is 29.0. The molecule has 0 aliphatic heterocycles. The van der Waals surface area contributed by atoms with Gasteiger partial charge < -0.3 is 15.4 Å². The Morgan fingerprint density at radius 2 is 1.39 bits per heavy atom. The fourth-order valence-corrected chi connectivity index (χ4v) is 4.82. The maximum atomic E-state index is 13.1. The van der Waals surface area contributed by atoms with E-state index in [0.717, 1.165) is 24.3 Å². The molecule has 4 aromatic carbocycles. The lowest BCUT2D eigenvalue weighted by Crippen LogP contribution is -2.16. The minimum Gasteiger partial charge on any atom is -0.497 e. The molecule has 0 aliphatic rings. The van der Waals surface area contributed by atoms with Gasteiger partial charge in [-0.2, -0.15) is 0 Å². The third-order valence-corrected chi connectivity index (χ3v) is 7.27. The third-order valence-electron chi connectivity index (χ3n) is 5.92. The van der Waals surface area contributed by atoms with E-state index in [1.54, 1.807) is 79.9 Å². The highest BCUT2D eigenvalue weighted by molar-refractivity contribution is 7.92. The number of nitrogens with zero attached hydrogens (tertiary/aromatic N) is 3. The van der Waals surface area contributed by atoms with Gasteiger partial charge in [-0.15, -0.1) is 0 Å². The topological polar surface area (TPSA) is 165 Å². The van der Waals surface area contributed by atoms with E-state index in [2.05, 4.69) is 25.3 Å². The van der Waals surface area contributed by atoms with Gasteiger partial charge in [0.05, 0.1) is 28.0 Å². The minimum atomic E-state index is -4.17. The number of hydrogen-bond acceptors (Lipinski definition) is 9. The molecule has 0 radical (unpaired) electrons. The molecule has 3 N–H and O–H groups in total. The molecule has 1 amide bonds. The molecule has 0 bridgehead atoms. The van der Waals surface area contributed by atoms with Crippen molar-refractivity contribution in [1.82, 2.24) is 9.97 Å². The van der Waals surface area contributed by atoms with E-state index in [1.165, 1.54) is 0 Å². The quantitative estimate of drug-likeness (QED) is 0.157. The molecular formula is C28H22N6O6S. The summed E-state index contributed by atoms with van der Waals surface area (Å²) in [7, 11) is -2.61. The van der Waals surface area contributed by atoms with Gasteiger partial charge in [-0.05, 0) is 72.8 Å². The van der Waals surface area contributed by atoms with Crippen LogP contribution in [-0.2, 0) is 10.0 Å². The Labute approximate surface area is 234 Å². The van der Waals surface area contributed by atoms with Crippen molar-refractivity contribution in [2.75, 3.05) is 22.5 Å². The molecule has 0 saturated heterocycles. The second kappa shape index (κ2) is 11.3. The van der Waals surface area contributed by atoms with Gasteiger partial charge in [0.15, 0.2) is 11.6 Å². The SMILES string of the molecule is COc1ccc(NC(=O)c2ccc(Nc3nc4ccccc4nc3NS(=O)(=O)c3ccc([N+](=O)[O-])cc3)cc2)cc1. The second-order valence-electron chi connectivity index (χ2n) is 8.65. The zero-order valence-corrected chi connectivity index (χ0v) is 22.3. The number of hydrogen-bond donors (Lipinski definition) is 3. The summed E-state index contributed by atoms with van der Waals surface area (Å²) in [6.45, 7) is 0. The number of anilines is 4. The number of carbonyl (C=O) groups is 1. The highest BCUT2D eigenvalue weighted by atomic mass is 32.2. The Hall–Kier alpha value is -5.56. The van der Waals surface area contributed by atoms with Crippen LogP contribution in [0.3, 0.4) is 0 Å². The lowest BCUT2D eigenvalue weighted by atomic mass is 10.2. The van der Waals surface area contributed by atoms with Crippen molar-refractivity contribution < 1.29 is 22.9 Å². The highest BCUT2D eigenvalue weighted by Gasteiger charge is 2.20. The molecule has 13 heteroatoms. The largest absolute Gasteiger partial charge is 0.497 e. The number of ether oxygens (including phenoxy) is 1. The Morgan fingerprint density at radius 3 is 1.98 bits per heavy atom. The molecule has 0 aliphatic carbocycles. The van der Waals surface area contributed by atoms with Gasteiger partial charge in [0, 0.05) is 29.1 Å². The number of nitrogens with one attached hydrogen (secondary N) is 3. The number of para-hydroxylation sites is 2. The van der Waals surface area contributed by atoms with Crippen LogP contribution >= 0.6 is 0 Å². The first-order chi connectivity index (χ1) is 19.7. The number of nitro benzene ring substituents is 1. The molecule has 206 valence electrons. The van der Waals surface area contributed by atoms with E-state index < -0.39 is 14.9 Å². The summed E-state index contributed by atoms with van der Waals surface area (Å²) in [6.07, 6.45) is 0. The lowest BCUT2D eigenvalue weighted by molar-refractivity contribution is -0.384. The van der Waals surface area contributed by atoms with Crippen LogP contribution in [0.15, 0.2) is 102 Å². The predicted molar refractivity (Wildman–Crippen MR) is 154 cm³/mol. The molecule has 0 unspecified atom stereocenters. The summed E-state index contributed by atoms with van der Waals surface area (Å²) >= 11 is 0. The van der Waals surface area contributed by atoms with Gasteiger partial charge in [0.25, 0.3) is 21.6 Å². The minimum absolute atomic E-state index is 0.0802. The molecule has 1 heterocycles. The van der Waals surface area contributed by atoms with Gasteiger partial charge in [-0.3, -0.25) is 19.6 Å². The molecule has 1 aromatic heterocycles. The Kier molecular flexibility index (Phi) is 7.43. The van der Waals surface area contributed by atoms with Crippen LogP contribution in [0, 0.1) is 10.1 Å². The number of non-ortho nitro benzene ring substituents is 1. The second-order valence-corrected chi connectivity index (χ2v) is 10.3. The first-order valence-electron chi connectivity index (χ1n) is 12.1. The summed E-state index contributed by atoms with van der Waals surface area (Å²) < 4.78 is 33.7. The van der Waals surface area contributed by atoms with Crippen molar-refractivity contribution in [3.8, 4) is 5.75 Å². The maximum Gasteiger partial charge on any atom is 0.269 e. The smallest absolute Gasteiger partial charge is 0.269 e. The molecule has 0 atom stereocenters. The summed E-state index contributed by atoms with van der Waals surface area (Å²) in [6, 6.07) is 24.9. The van der Waals surface area contributed by atoms with Gasteiger partial charge in [-0.25, -0.2) is 18.4 Å². The zero-order valence-electron chi connectivity index (χ0n) is 21.4. The number of benzene rings is 4. The van der Waals surface area contributed by atoms with Crippen LogP contribution in [0.4, 0.5) is 28.7 Å². The fraction of sp³-hybridized carbons (Fsp3) is 0.0357. The van der Waals surface area contributed by atoms with E-state index in [9.17, 15) is 23.3 Å². The monoisotopic (exact) mass is 570 g/mol. The van der Waals surface area contributed by atoms with E-state index in [0.29, 0.717) is 33.7 Å². The van der Waals surface area contributed by atoms with Crippen molar-refractivity contribution in [2.24, 2.45) is 0 Å². The number of aromatic nitrogens is 2. The number of methoxy groups -OCH3 is 1. The van der Waals surface area contributed by atoms with E-state index in [-0.39, 0.29) is 28.1 Å². The summed E-state index contributed by atoms with van der Waals surface area (Å²) in [5, 5.41) is 16.8. The van der Waals surface area contributed by atoms with E-state index >= 15 is 0 Å². The summed E-state index contributed by atoms with van der Waals surface area (Å²) in [5.74, 6) is 0.390. The molecular weight excluding hydrogens is 548 g/mol. The first-order valence-corrected chi connectivity index (χ1v) is 13.6. The van der Waals surface area contributed by atoms with Crippen LogP contribution < -0.4 is 20.1 Å². The molecule has 0 saturated carbocycles. The third kappa shape index (κ3) is 6.20. The Balaban J connectivity index is 1.39. The molecule has 5 rings (SSSR count). The Morgan fingerprint density at radius 1 is 0.805 bits per heavy atom. The van der Waals surface area contributed by atoms with Crippen LogP contribution in [-0.4, -0.2) is 36.3 Å². The maximum absolute atomic E-state index is 13.1. The number of amides is 1. The fourth-order valence-electron chi connectivity index (χ4n) is 3.81. The number of sulfonamides is 1. The van der Waals surface area contributed by atoms with E-state index in [1.807, 2.05) is 0 Å². The van der Waals surface area contributed by atoms with Gasteiger partial charge in [0.2, 0.25) is 0 Å². The van der Waals surface area contributed by atoms with Crippen molar-refractivity contribution >= 4 is 55.7 Å². The van der Waals surface area contributed by atoms with Crippen molar-refractivity contribution in [1.29, 1.82) is 0 Å². The average molecular weight is 571 g/mol. The summed E-state index contributed by atoms with van der Waals surface area (Å²) in [4.78, 5) is 31.8. The van der Waals surface area contributed by atoms with Crippen molar-refractivity contribution in [3.05, 3.63) is 113 Å². The van der Waals surface area contributed by atoms with Gasteiger partial charge in [-0.1, -0.05) is 12.1 Å².